The van der Waals surface area contributed by atoms with Gasteiger partial charge in [0.15, 0.2) is 17.2 Å². The third-order valence-electron chi connectivity index (χ3n) is 3.85. The number of aromatic carboxylic acids is 1. The van der Waals surface area contributed by atoms with Crippen molar-refractivity contribution in [3.05, 3.63) is 48.2 Å². The molecule has 0 aliphatic carbocycles. The number of aromatic nitrogens is 3. The Morgan fingerprint density at radius 2 is 1.65 bits per heavy atom. The van der Waals surface area contributed by atoms with Crippen LogP contribution < -0.4 is 14.2 Å². The molecule has 0 aliphatic rings. The lowest BCUT2D eigenvalue weighted by Gasteiger charge is -2.11. The zero-order chi connectivity index (χ0) is 18.7. The molecule has 0 saturated heterocycles. The van der Waals surface area contributed by atoms with Gasteiger partial charge in [-0.2, -0.15) is 0 Å². The predicted molar refractivity (Wildman–Crippen MR) is 93.4 cm³/mol. The van der Waals surface area contributed by atoms with Crippen molar-refractivity contribution in [1.82, 2.24) is 15.0 Å². The van der Waals surface area contributed by atoms with Crippen LogP contribution in [0.5, 0.6) is 17.2 Å². The molecule has 3 aromatic rings. The molecule has 134 valence electrons. The van der Waals surface area contributed by atoms with Gasteiger partial charge in [0.2, 0.25) is 0 Å². The fourth-order valence-corrected chi connectivity index (χ4v) is 2.57. The predicted octanol–water partition coefficient (Wildman–Crippen LogP) is 2.66. The number of methoxy groups -OCH3 is 3. The molecule has 0 amide bonds. The molecule has 26 heavy (non-hydrogen) atoms. The van der Waals surface area contributed by atoms with Gasteiger partial charge < -0.3 is 19.3 Å². The van der Waals surface area contributed by atoms with Gasteiger partial charge in [0, 0.05) is 11.6 Å². The zero-order valence-electron chi connectivity index (χ0n) is 14.5. The van der Waals surface area contributed by atoms with Crippen LogP contribution in [0.2, 0.25) is 0 Å². The van der Waals surface area contributed by atoms with Crippen molar-refractivity contribution >= 4 is 5.97 Å². The van der Waals surface area contributed by atoms with Gasteiger partial charge in [0.25, 0.3) is 0 Å². The number of hydrogen-bond acceptors (Lipinski definition) is 6. The summed E-state index contributed by atoms with van der Waals surface area (Å²) < 4.78 is 17.1. The molecule has 0 spiro atoms. The van der Waals surface area contributed by atoms with E-state index in [0.29, 0.717) is 34.2 Å². The zero-order valence-corrected chi connectivity index (χ0v) is 14.5. The lowest BCUT2D eigenvalue weighted by Crippen LogP contribution is -2.04. The largest absolute Gasteiger partial charge is 0.497 e. The van der Waals surface area contributed by atoms with E-state index in [2.05, 4.69) is 10.3 Å². The van der Waals surface area contributed by atoms with E-state index in [9.17, 15) is 9.90 Å². The molecule has 1 heterocycles. The standard InChI is InChI=1S/C18H17N3O5/c1-24-13-7-4-11(5-8-13)17-16(18(22)23)19-20-21(17)12-6-9-14(25-2)15(10-12)26-3/h4-10H,1-3H3,(H,22,23). The minimum absolute atomic E-state index is 0.148. The Morgan fingerprint density at radius 1 is 0.962 bits per heavy atom. The molecule has 0 radical (unpaired) electrons. The second-order valence-electron chi connectivity index (χ2n) is 5.27. The Morgan fingerprint density at radius 3 is 2.23 bits per heavy atom. The molecule has 0 saturated carbocycles. The summed E-state index contributed by atoms with van der Waals surface area (Å²) in [6.45, 7) is 0. The Balaban J connectivity index is 2.18. The van der Waals surface area contributed by atoms with Gasteiger partial charge in [0.05, 0.1) is 27.0 Å². The normalized spacial score (nSPS) is 10.4. The van der Waals surface area contributed by atoms with Crippen molar-refractivity contribution in [2.45, 2.75) is 0 Å². The van der Waals surface area contributed by atoms with Crippen molar-refractivity contribution in [3.8, 4) is 34.2 Å². The van der Waals surface area contributed by atoms with Crippen LogP contribution in [-0.4, -0.2) is 47.4 Å². The Bertz CT molecular complexity index is 934. The van der Waals surface area contributed by atoms with Crippen LogP contribution >= 0.6 is 0 Å². The van der Waals surface area contributed by atoms with Crippen molar-refractivity contribution in [3.63, 3.8) is 0 Å². The van der Waals surface area contributed by atoms with Crippen LogP contribution in [0.1, 0.15) is 10.5 Å². The van der Waals surface area contributed by atoms with Crippen LogP contribution in [0.4, 0.5) is 0 Å². The highest BCUT2D eigenvalue weighted by Crippen LogP contribution is 2.32. The molecule has 0 aliphatic heterocycles. The maximum atomic E-state index is 11.6. The quantitative estimate of drug-likeness (QED) is 0.726. The van der Waals surface area contributed by atoms with Crippen LogP contribution in [-0.2, 0) is 0 Å². The van der Waals surface area contributed by atoms with Crippen LogP contribution in [0.15, 0.2) is 42.5 Å². The van der Waals surface area contributed by atoms with Gasteiger partial charge in [-0.25, -0.2) is 9.48 Å². The summed E-state index contributed by atoms with van der Waals surface area (Å²) in [5, 5.41) is 17.3. The lowest BCUT2D eigenvalue weighted by atomic mass is 10.1. The Kier molecular flexibility index (Phi) is 4.74. The van der Waals surface area contributed by atoms with E-state index in [4.69, 9.17) is 14.2 Å². The molecular weight excluding hydrogens is 338 g/mol. The lowest BCUT2D eigenvalue weighted by molar-refractivity contribution is 0.0691. The van der Waals surface area contributed by atoms with Gasteiger partial charge >= 0.3 is 5.97 Å². The summed E-state index contributed by atoms with van der Waals surface area (Å²) in [6, 6.07) is 12.2. The first-order chi connectivity index (χ1) is 12.6. The highest BCUT2D eigenvalue weighted by Gasteiger charge is 2.22. The van der Waals surface area contributed by atoms with Gasteiger partial charge in [-0.05, 0) is 36.4 Å². The third kappa shape index (κ3) is 3.04. The minimum atomic E-state index is -1.16. The maximum absolute atomic E-state index is 11.6. The van der Waals surface area contributed by atoms with Crippen molar-refractivity contribution in [1.29, 1.82) is 0 Å². The first-order valence-corrected chi connectivity index (χ1v) is 7.65. The van der Waals surface area contributed by atoms with Crippen LogP contribution in [0.25, 0.3) is 16.9 Å². The number of carboxylic acids is 1. The average Bonchev–Trinajstić information content (AvgIpc) is 3.12. The van der Waals surface area contributed by atoms with Gasteiger partial charge in [0.1, 0.15) is 11.4 Å². The van der Waals surface area contributed by atoms with E-state index in [-0.39, 0.29) is 5.69 Å². The molecule has 1 N–H and O–H groups in total. The Labute approximate surface area is 149 Å². The number of carboxylic acid groups (broad SMARTS) is 1. The first-order valence-electron chi connectivity index (χ1n) is 7.65. The first kappa shape index (κ1) is 17.3. The summed E-state index contributed by atoms with van der Waals surface area (Å²) in [5.74, 6) is 0.553. The summed E-state index contributed by atoms with van der Waals surface area (Å²) in [4.78, 5) is 11.6. The van der Waals surface area contributed by atoms with Gasteiger partial charge in [-0.3, -0.25) is 0 Å². The molecular formula is C18H17N3O5. The van der Waals surface area contributed by atoms with Crippen molar-refractivity contribution < 1.29 is 24.1 Å². The van der Waals surface area contributed by atoms with Crippen molar-refractivity contribution in [2.24, 2.45) is 0 Å². The second-order valence-corrected chi connectivity index (χ2v) is 5.27. The maximum Gasteiger partial charge on any atom is 0.358 e. The molecule has 0 atom stereocenters. The number of carbonyl (C=O) groups is 1. The molecule has 8 nitrogen and oxygen atoms in total. The monoisotopic (exact) mass is 355 g/mol. The highest BCUT2D eigenvalue weighted by atomic mass is 16.5. The third-order valence-corrected chi connectivity index (χ3v) is 3.85. The summed E-state index contributed by atoms with van der Waals surface area (Å²) in [6.07, 6.45) is 0. The topological polar surface area (TPSA) is 95.7 Å². The number of hydrogen-bond donors (Lipinski definition) is 1. The van der Waals surface area contributed by atoms with E-state index < -0.39 is 5.97 Å². The van der Waals surface area contributed by atoms with Crippen LogP contribution in [0.3, 0.4) is 0 Å². The average molecular weight is 355 g/mol. The van der Waals surface area contributed by atoms with E-state index in [1.807, 2.05) is 0 Å². The fraction of sp³-hybridized carbons (Fsp3) is 0.167. The Hall–Kier alpha value is -3.55. The molecule has 0 unspecified atom stereocenters. The number of ether oxygens (including phenoxy) is 3. The second kappa shape index (κ2) is 7.14. The van der Waals surface area contributed by atoms with Crippen molar-refractivity contribution in [2.75, 3.05) is 21.3 Å². The SMILES string of the molecule is COc1ccc(-c2c(C(=O)O)nnn2-c2ccc(OC)c(OC)c2)cc1. The molecule has 0 fully saturated rings. The number of nitrogens with zero attached hydrogens (tertiary/aromatic N) is 3. The fourth-order valence-electron chi connectivity index (χ4n) is 2.57. The molecule has 3 rings (SSSR count). The van der Waals surface area contributed by atoms with Gasteiger partial charge in [-0.1, -0.05) is 5.21 Å². The summed E-state index contributed by atoms with van der Waals surface area (Å²) in [5.41, 5.74) is 1.44. The minimum Gasteiger partial charge on any atom is -0.497 e. The van der Waals surface area contributed by atoms with E-state index in [1.54, 1.807) is 49.6 Å². The number of rotatable bonds is 6. The van der Waals surface area contributed by atoms with Gasteiger partial charge in [-0.15, -0.1) is 5.10 Å². The molecule has 8 heteroatoms. The number of benzene rings is 2. The summed E-state index contributed by atoms with van der Waals surface area (Å²) >= 11 is 0. The molecule has 1 aromatic heterocycles. The van der Waals surface area contributed by atoms with E-state index in [0.717, 1.165) is 0 Å². The highest BCUT2D eigenvalue weighted by molar-refractivity contribution is 5.93. The van der Waals surface area contributed by atoms with E-state index in [1.165, 1.54) is 18.9 Å². The van der Waals surface area contributed by atoms with E-state index >= 15 is 0 Å². The smallest absolute Gasteiger partial charge is 0.358 e. The van der Waals surface area contributed by atoms with Crippen LogP contribution in [0, 0.1) is 0 Å². The summed E-state index contributed by atoms with van der Waals surface area (Å²) in [7, 11) is 4.63. The molecule has 0 bridgehead atoms. The molecule has 2 aromatic carbocycles.